The van der Waals surface area contributed by atoms with Gasteiger partial charge in [0.15, 0.2) is 11.2 Å². The van der Waals surface area contributed by atoms with Crippen LogP contribution in [-0.4, -0.2) is 25.3 Å². The number of phenolic OH excluding ortho intramolecular Hbond substituents is 1. The SMILES string of the molecule is O=C(CCc1cn2cc(CCCC3CCCCC3)ccc2n1)c1cc(=O)c2ccc(O)cc2[nH]1. The minimum Gasteiger partial charge on any atom is -0.508 e. The average Bonchev–Trinajstić information content (AvgIpc) is 3.25. The first-order valence-corrected chi connectivity index (χ1v) is 12.4. The number of pyridine rings is 2. The number of aryl methyl sites for hydroxylation is 2. The average molecular weight is 458 g/mol. The van der Waals surface area contributed by atoms with Crippen molar-refractivity contribution in [3.05, 3.63) is 76.0 Å². The maximum Gasteiger partial charge on any atom is 0.190 e. The van der Waals surface area contributed by atoms with Crippen LogP contribution in [0.5, 0.6) is 5.75 Å². The molecule has 0 aliphatic heterocycles. The fraction of sp³-hybridized carbons (Fsp3) is 0.393. The molecular weight excluding hydrogens is 426 g/mol. The van der Waals surface area contributed by atoms with Gasteiger partial charge < -0.3 is 14.5 Å². The van der Waals surface area contributed by atoms with Crippen molar-refractivity contribution < 1.29 is 9.90 Å². The number of rotatable bonds is 8. The fourth-order valence-corrected chi connectivity index (χ4v) is 5.20. The zero-order valence-electron chi connectivity index (χ0n) is 19.4. The molecule has 3 heterocycles. The van der Waals surface area contributed by atoms with E-state index in [0.29, 0.717) is 17.3 Å². The molecule has 1 aliphatic rings. The Balaban J connectivity index is 1.21. The molecule has 176 valence electrons. The molecule has 1 saturated carbocycles. The Morgan fingerprint density at radius 3 is 2.76 bits per heavy atom. The van der Waals surface area contributed by atoms with Crippen LogP contribution in [0.15, 0.2) is 53.6 Å². The first kappa shape index (κ1) is 22.4. The van der Waals surface area contributed by atoms with Crippen molar-refractivity contribution in [3.63, 3.8) is 0 Å². The van der Waals surface area contributed by atoms with Crippen LogP contribution in [0.4, 0.5) is 0 Å². The Morgan fingerprint density at radius 2 is 1.91 bits per heavy atom. The monoisotopic (exact) mass is 457 g/mol. The number of nitrogens with zero attached hydrogens (tertiary/aromatic N) is 2. The Morgan fingerprint density at radius 1 is 1.06 bits per heavy atom. The number of hydrogen-bond donors (Lipinski definition) is 2. The molecule has 0 unspecified atom stereocenters. The second-order valence-corrected chi connectivity index (χ2v) is 9.63. The fourth-order valence-electron chi connectivity index (χ4n) is 5.20. The number of hydrogen-bond acceptors (Lipinski definition) is 4. The molecule has 1 aliphatic carbocycles. The third kappa shape index (κ3) is 5.06. The number of nitrogens with one attached hydrogen (secondary N) is 1. The Bertz CT molecular complexity index is 1380. The summed E-state index contributed by atoms with van der Waals surface area (Å²) in [6.45, 7) is 0. The summed E-state index contributed by atoms with van der Waals surface area (Å²) in [6.07, 6.45) is 15.5. The van der Waals surface area contributed by atoms with Gasteiger partial charge >= 0.3 is 0 Å². The van der Waals surface area contributed by atoms with Gasteiger partial charge in [0.25, 0.3) is 0 Å². The number of aromatic amines is 1. The molecule has 2 N–H and O–H groups in total. The lowest BCUT2D eigenvalue weighted by Gasteiger charge is -2.21. The number of fused-ring (bicyclic) bond motifs is 2. The quantitative estimate of drug-likeness (QED) is 0.337. The van der Waals surface area contributed by atoms with Crippen LogP contribution in [-0.2, 0) is 12.8 Å². The van der Waals surface area contributed by atoms with Crippen LogP contribution in [0.2, 0.25) is 0 Å². The van der Waals surface area contributed by atoms with E-state index in [9.17, 15) is 14.7 Å². The van der Waals surface area contributed by atoms with E-state index < -0.39 is 0 Å². The highest BCUT2D eigenvalue weighted by Gasteiger charge is 2.14. The van der Waals surface area contributed by atoms with Crippen molar-refractivity contribution in [2.75, 3.05) is 0 Å². The number of aromatic nitrogens is 3. The number of carbonyl (C=O) groups excluding carboxylic acids is 1. The maximum atomic E-state index is 12.7. The zero-order chi connectivity index (χ0) is 23.5. The molecule has 6 heteroatoms. The molecule has 1 aromatic carbocycles. The molecule has 0 atom stereocenters. The molecule has 3 aromatic heterocycles. The molecule has 0 spiro atoms. The number of ketones is 1. The standard InChI is InChI=1S/C28H31N3O3/c32-22-11-12-23-24(15-22)30-25(16-27(23)34)26(33)13-10-21-18-31-17-20(9-14-28(31)29-21)8-4-7-19-5-2-1-3-6-19/h9,11-12,14-19,32H,1-8,10,13H2,(H,30,34). The largest absolute Gasteiger partial charge is 0.508 e. The molecule has 6 nitrogen and oxygen atoms in total. The predicted molar refractivity (Wildman–Crippen MR) is 134 cm³/mol. The molecule has 1 fully saturated rings. The maximum absolute atomic E-state index is 12.7. The van der Waals surface area contributed by atoms with Crippen molar-refractivity contribution in [3.8, 4) is 5.75 Å². The van der Waals surface area contributed by atoms with Gasteiger partial charge in [0.2, 0.25) is 0 Å². The summed E-state index contributed by atoms with van der Waals surface area (Å²) in [4.78, 5) is 32.7. The van der Waals surface area contributed by atoms with Crippen molar-refractivity contribution >= 4 is 22.3 Å². The van der Waals surface area contributed by atoms with Gasteiger partial charge in [-0.05, 0) is 48.9 Å². The van der Waals surface area contributed by atoms with Crippen LogP contribution < -0.4 is 5.43 Å². The number of aromatic hydroxyl groups is 1. The lowest BCUT2D eigenvalue weighted by atomic mass is 9.85. The summed E-state index contributed by atoms with van der Waals surface area (Å²) >= 11 is 0. The van der Waals surface area contributed by atoms with Gasteiger partial charge in [-0.25, -0.2) is 4.98 Å². The Hall–Kier alpha value is -3.41. The van der Waals surface area contributed by atoms with Crippen LogP contribution in [0.1, 0.15) is 73.1 Å². The van der Waals surface area contributed by atoms with Crippen molar-refractivity contribution in [2.24, 2.45) is 5.92 Å². The molecule has 0 saturated heterocycles. The minimum atomic E-state index is -0.235. The van der Waals surface area contributed by atoms with E-state index >= 15 is 0 Å². The molecule has 34 heavy (non-hydrogen) atoms. The van der Waals surface area contributed by atoms with E-state index in [2.05, 4.69) is 32.7 Å². The second-order valence-electron chi connectivity index (χ2n) is 9.63. The van der Waals surface area contributed by atoms with E-state index in [1.165, 1.54) is 68.7 Å². The molecule has 5 rings (SSSR count). The van der Waals surface area contributed by atoms with E-state index in [4.69, 9.17) is 0 Å². The molecular formula is C28H31N3O3. The van der Waals surface area contributed by atoms with Crippen molar-refractivity contribution in [1.82, 2.24) is 14.4 Å². The lowest BCUT2D eigenvalue weighted by Crippen LogP contribution is -2.11. The van der Waals surface area contributed by atoms with E-state index in [0.717, 1.165) is 23.7 Å². The summed E-state index contributed by atoms with van der Waals surface area (Å²) in [7, 11) is 0. The number of phenols is 1. The van der Waals surface area contributed by atoms with E-state index in [-0.39, 0.29) is 29.1 Å². The highest BCUT2D eigenvalue weighted by molar-refractivity contribution is 5.96. The Labute approximate surface area is 198 Å². The van der Waals surface area contributed by atoms with Crippen LogP contribution in [0.25, 0.3) is 16.6 Å². The van der Waals surface area contributed by atoms with Gasteiger partial charge in [0, 0.05) is 36.3 Å². The van der Waals surface area contributed by atoms with Gasteiger partial charge in [-0.15, -0.1) is 0 Å². The topological polar surface area (TPSA) is 87.5 Å². The predicted octanol–water partition coefficient (Wildman–Crippen LogP) is 5.60. The zero-order valence-corrected chi connectivity index (χ0v) is 19.4. The Kier molecular flexibility index (Phi) is 6.48. The third-order valence-electron chi connectivity index (χ3n) is 7.09. The van der Waals surface area contributed by atoms with Crippen LogP contribution in [0.3, 0.4) is 0 Å². The van der Waals surface area contributed by atoms with Gasteiger partial charge in [-0.1, -0.05) is 44.6 Å². The number of benzene rings is 1. The first-order chi connectivity index (χ1) is 16.5. The molecule has 0 bridgehead atoms. The number of carbonyl (C=O) groups is 1. The summed E-state index contributed by atoms with van der Waals surface area (Å²) in [5, 5.41) is 10.1. The second kappa shape index (κ2) is 9.84. The van der Waals surface area contributed by atoms with E-state index in [1.807, 2.05) is 6.20 Å². The third-order valence-corrected chi connectivity index (χ3v) is 7.09. The van der Waals surface area contributed by atoms with Crippen molar-refractivity contribution in [1.29, 1.82) is 0 Å². The lowest BCUT2D eigenvalue weighted by molar-refractivity contribution is 0.0978. The summed E-state index contributed by atoms with van der Waals surface area (Å²) in [6, 6.07) is 10.0. The molecule has 4 aromatic rings. The summed E-state index contributed by atoms with van der Waals surface area (Å²) < 4.78 is 2.05. The number of Topliss-reactive ketones (excluding diaryl/α,β-unsaturated/α-hetero) is 1. The van der Waals surface area contributed by atoms with Crippen LogP contribution >= 0.6 is 0 Å². The minimum absolute atomic E-state index is 0.0470. The molecule has 0 radical (unpaired) electrons. The summed E-state index contributed by atoms with van der Waals surface area (Å²) in [5.74, 6) is 0.812. The number of imidazole rings is 1. The molecule has 0 amide bonds. The number of H-pyrrole nitrogens is 1. The van der Waals surface area contributed by atoms with Crippen molar-refractivity contribution in [2.45, 2.75) is 64.2 Å². The van der Waals surface area contributed by atoms with Gasteiger partial charge in [0.1, 0.15) is 11.4 Å². The highest BCUT2D eigenvalue weighted by atomic mass is 16.3. The van der Waals surface area contributed by atoms with Crippen LogP contribution in [0, 0.1) is 5.92 Å². The highest BCUT2D eigenvalue weighted by Crippen LogP contribution is 2.28. The summed E-state index contributed by atoms with van der Waals surface area (Å²) in [5.41, 5.74) is 3.54. The normalized spacial score (nSPS) is 14.7. The smallest absolute Gasteiger partial charge is 0.190 e. The van der Waals surface area contributed by atoms with E-state index in [1.54, 1.807) is 6.07 Å². The van der Waals surface area contributed by atoms with Gasteiger partial charge in [-0.2, -0.15) is 0 Å². The van der Waals surface area contributed by atoms with Gasteiger partial charge in [0.05, 0.1) is 16.9 Å². The van der Waals surface area contributed by atoms with Gasteiger partial charge in [-0.3, -0.25) is 9.59 Å². The first-order valence-electron chi connectivity index (χ1n) is 12.4.